The number of nitrogens with zero attached hydrogens (tertiary/aromatic N) is 1. The van der Waals surface area contributed by atoms with E-state index in [4.69, 9.17) is 0 Å². The van der Waals surface area contributed by atoms with Gasteiger partial charge in [-0.1, -0.05) is 72.8 Å². The molecule has 0 radical (unpaired) electrons. The molecule has 1 fully saturated rings. The van der Waals surface area contributed by atoms with Crippen LogP contribution in [-0.2, 0) is 12.1 Å². The maximum atomic E-state index is 14.7. The lowest BCUT2D eigenvalue weighted by Crippen LogP contribution is -2.42. The fraction of sp³-hybridized carbons (Fsp3) is 0.250. The largest absolute Gasteiger partial charge is 0.385 e. The number of rotatable bonds is 4. The number of aliphatic hydroxyl groups is 1. The van der Waals surface area contributed by atoms with Crippen LogP contribution in [0.25, 0.3) is 11.1 Å². The highest BCUT2D eigenvalue weighted by molar-refractivity contribution is 5.64. The van der Waals surface area contributed by atoms with Gasteiger partial charge in [-0.15, -0.1) is 0 Å². The molecule has 0 aliphatic carbocycles. The molecule has 1 N–H and O–H groups in total. The highest BCUT2D eigenvalue weighted by atomic mass is 19.1. The summed E-state index contributed by atoms with van der Waals surface area (Å²) in [5.74, 6) is -0.279. The third-order valence-corrected chi connectivity index (χ3v) is 5.52. The van der Waals surface area contributed by atoms with E-state index in [9.17, 15) is 9.50 Å². The summed E-state index contributed by atoms with van der Waals surface area (Å²) >= 11 is 0. The fourth-order valence-corrected chi connectivity index (χ4v) is 3.87. The van der Waals surface area contributed by atoms with Crippen molar-refractivity contribution in [1.82, 2.24) is 4.90 Å². The first-order valence-electron chi connectivity index (χ1n) is 9.48. The molecule has 1 aliphatic heterocycles. The fourth-order valence-electron chi connectivity index (χ4n) is 3.87. The summed E-state index contributed by atoms with van der Waals surface area (Å²) in [7, 11) is 0. The Morgan fingerprint density at radius 2 is 1.48 bits per heavy atom. The first-order valence-corrected chi connectivity index (χ1v) is 9.48. The van der Waals surface area contributed by atoms with E-state index in [1.807, 2.05) is 54.6 Å². The Balaban J connectivity index is 1.47. The van der Waals surface area contributed by atoms with Crippen molar-refractivity contribution in [2.75, 3.05) is 13.1 Å². The van der Waals surface area contributed by atoms with Crippen LogP contribution in [0.2, 0.25) is 0 Å². The minimum Gasteiger partial charge on any atom is -0.385 e. The molecule has 0 spiro atoms. The van der Waals surface area contributed by atoms with Crippen molar-refractivity contribution < 1.29 is 9.50 Å². The van der Waals surface area contributed by atoms with Gasteiger partial charge in [0.25, 0.3) is 0 Å². The van der Waals surface area contributed by atoms with Gasteiger partial charge in [0.1, 0.15) is 5.82 Å². The van der Waals surface area contributed by atoms with Crippen LogP contribution in [0.4, 0.5) is 4.39 Å². The molecular weight excluding hydrogens is 337 g/mol. The van der Waals surface area contributed by atoms with E-state index in [0.29, 0.717) is 24.0 Å². The van der Waals surface area contributed by atoms with Crippen molar-refractivity contribution in [1.29, 1.82) is 0 Å². The van der Waals surface area contributed by atoms with Crippen LogP contribution in [0, 0.1) is 5.82 Å². The van der Waals surface area contributed by atoms with Gasteiger partial charge in [-0.2, -0.15) is 0 Å². The van der Waals surface area contributed by atoms with E-state index in [2.05, 4.69) is 17.0 Å². The first kappa shape index (κ1) is 17.9. The Morgan fingerprint density at radius 1 is 0.852 bits per heavy atom. The van der Waals surface area contributed by atoms with Gasteiger partial charge in [0.05, 0.1) is 5.60 Å². The molecule has 1 saturated heterocycles. The molecule has 3 aromatic carbocycles. The molecule has 138 valence electrons. The third kappa shape index (κ3) is 3.95. The van der Waals surface area contributed by atoms with Gasteiger partial charge in [0, 0.05) is 25.2 Å². The first-order chi connectivity index (χ1) is 13.1. The van der Waals surface area contributed by atoms with Gasteiger partial charge in [-0.25, -0.2) is 4.39 Å². The van der Waals surface area contributed by atoms with E-state index in [1.165, 1.54) is 11.6 Å². The summed E-state index contributed by atoms with van der Waals surface area (Å²) in [6.45, 7) is 2.49. The molecule has 4 rings (SSSR count). The summed E-state index contributed by atoms with van der Waals surface area (Å²) in [5, 5.41) is 11.1. The minimum absolute atomic E-state index is 0.279. The van der Waals surface area contributed by atoms with Crippen molar-refractivity contribution in [3.8, 4) is 11.1 Å². The molecule has 0 aromatic heterocycles. The van der Waals surface area contributed by atoms with Gasteiger partial charge < -0.3 is 5.11 Å². The number of piperidine rings is 1. The van der Waals surface area contributed by atoms with Crippen molar-refractivity contribution in [2.45, 2.75) is 25.0 Å². The summed E-state index contributed by atoms with van der Waals surface area (Å²) in [6.07, 6.45) is 1.23. The number of hydrogen-bond donors (Lipinski definition) is 1. The summed E-state index contributed by atoms with van der Waals surface area (Å²) < 4.78 is 14.7. The lowest BCUT2D eigenvalue weighted by Gasteiger charge is -2.38. The number of hydrogen-bond acceptors (Lipinski definition) is 2. The van der Waals surface area contributed by atoms with Crippen LogP contribution in [0.5, 0.6) is 0 Å². The van der Waals surface area contributed by atoms with Crippen molar-refractivity contribution in [2.24, 2.45) is 0 Å². The smallest absolute Gasteiger partial charge is 0.131 e. The van der Waals surface area contributed by atoms with Gasteiger partial charge in [0.2, 0.25) is 0 Å². The number of halogens is 1. The molecule has 2 nitrogen and oxygen atoms in total. The Labute approximate surface area is 159 Å². The molecular formula is C24H24FNO. The summed E-state index contributed by atoms with van der Waals surface area (Å²) in [5.41, 5.74) is 2.43. The van der Waals surface area contributed by atoms with E-state index in [1.54, 1.807) is 6.07 Å². The quantitative estimate of drug-likeness (QED) is 0.709. The molecule has 0 bridgehead atoms. The summed E-state index contributed by atoms with van der Waals surface area (Å²) in [6, 6.07) is 25.0. The van der Waals surface area contributed by atoms with Crippen LogP contribution in [0.1, 0.15) is 24.0 Å². The second kappa shape index (κ2) is 7.63. The van der Waals surface area contributed by atoms with Crippen LogP contribution >= 0.6 is 0 Å². The second-order valence-corrected chi connectivity index (χ2v) is 7.35. The van der Waals surface area contributed by atoms with Crippen LogP contribution < -0.4 is 0 Å². The molecule has 1 heterocycles. The monoisotopic (exact) mass is 361 g/mol. The summed E-state index contributed by atoms with van der Waals surface area (Å²) in [4.78, 5) is 2.35. The molecule has 0 unspecified atom stereocenters. The van der Waals surface area contributed by atoms with Crippen molar-refractivity contribution >= 4 is 0 Å². The molecule has 0 amide bonds. The topological polar surface area (TPSA) is 23.5 Å². The minimum atomic E-state index is -0.955. The van der Waals surface area contributed by atoms with E-state index >= 15 is 0 Å². The molecule has 0 saturated carbocycles. The second-order valence-electron chi connectivity index (χ2n) is 7.35. The SMILES string of the molecule is OC1(c2ccc(-c3ccccc3)c(F)c2)CCN(Cc2ccccc2)CC1. The highest BCUT2D eigenvalue weighted by Crippen LogP contribution is 2.35. The molecule has 3 aromatic rings. The Kier molecular flexibility index (Phi) is 5.06. The van der Waals surface area contributed by atoms with E-state index in [-0.39, 0.29) is 5.82 Å². The third-order valence-electron chi connectivity index (χ3n) is 5.52. The highest BCUT2D eigenvalue weighted by Gasteiger charge is 2.34. The normalized spacial score (nSPS) is 17.0. The van der Waals surface area contributed by atoms with Gasteiger partial charge in [-0.05, 0) is 35.6 Å². The average molecular weight is 361 g/mol. The van der Waals surface area contributed by atoms with Gasteiger partial charge in [0.15, 0.2) is 0 Å². The molecule has 0 atom stereocenters. The lowest BCUT2D eigenvalue weighted by molar-refractivity contribution is -0.0279. The Morgan fingerprint density at radius 3 is 2.11 bits per heavy atom. The maximum absolute atomic E-state index is 14.7. The Bertz CT molecular complexity index is 887. The zero-order chi connectivity index (χ0) is 18.7. The number of likely N-dealkylation sites (tertiary alicyclic amines) is 1. The standard InChI is InChI=1S/C24H24FNO/c25-23-17-21(11-12-22(23)20-9-5-2-6-10-20)24(27)13-15-26(16-14-24)18-19-7-3-1-4-8-19/h1-12,17,27H,13-16,18H2. The average Bonchev–Trinajstić information content (AvgIpc) is 2.71. The Hall–Kier alpha value is -2.49. The van der Waals surface area contributed by atoms with Gasteiger partial charge >= 0.3 is 0 Å². The zero-order valence-corrected chi connectivity index (χ0v) is 15.3. The van der Waals surface area contributed by atoms with Crippen LogP contribution in [0.15, 0.2) is 78.9 Å². The van der Waals surface area contributed by atoms with Crippen molar-refractivity contribution in [3.05, 3.63) is 95.8 Å². The zero-order valence-electron chi connectivity index (χ0n) is 15.3. The predicted octanol–water partition coefficient (Wildman–Crippen LogP) is 4.98. The van der Waals surface area contributed by atoms with Crippen LogP contribution in [0.3, 0.4) is 0 Å². The van der Waals surface area contributed by atoms with Gasteiger partial charge in [-0.3, -0.25) is 4.90 Å². The maximum Gasteiger partial charge on any atom is 0.131 e. The molecule has 3 heteroatoms. The predicted molar refractivity (Wildman–Crippen MR) is 107 cm³/mol. The van der Waals surface area contributed by atoms with E-state index in [0.717, 1.165) is 25.2 Å². The molecule has 1 aliphatic rings. The molecule has 27 heavy (non-hydrogen) atoms. The number of benzene rings is 3. The van der Waals surface area contributed by atoms with Crippen molar-refractivity contribution in [3.63, 3.8) is 0 Å². The van der Waals surface area contributed by atoms with Crippen LogP contribution in [-0.4, -0.2) is 23.1 Å². The van der Waals surface area contributed by atoms with E-state index < -0.39 is 5.60 Å². The lowest BCUT2D eigenvalue weighted by atomic mass is 9.83.